The van der Waals surface area contributed by atoms with Crippen LogP contribution in [0.2, 0.25) is 0 Å². The number of β-amino-alcohol motifs (C(OH)–C–C–N with tert-alkyl or cyclic N) is 1. The molecule has 5 heterocycles. The molecule has 2 aliphatic rings. The lowest BCUT2D eigenvalue weighted by Crippen LogP contribution is -2.48. The van der Waals surface area contributed by atoms with Gasteiger partial charge < -0.3 is 30.2 Å². The number of phenols is 1. The van der Waals surface area contributed by atoms with Crippen molar-refractivity contribution in [1.29, 1.82) is 0 Å². The molecule has 228 valence electrons. The number of piperidine rings is 1. The van der Waals surface area contributed by atoms with Crippen LogP contribution < -0.4 is 16.4 Å². The highest BCUT2D eigenvalue weighted by molar-refractivity contribution is 5.87. The van der Waals surface area contributed by atoms with Crippen LogP contribution in [0, 0.1) is 5.82 Å². The second-order valence-electron chi connectivity index (χ2n) is 10.6. The second kappa shape index (κ2) is 11.4. The van der Waals surface area contributed by atoms with Crippen LogP contribution in [0.5, 0.6) is 5.75 Å². The number of carbonyl (C=O) groups is 1. The van der Waals surface area contributed by atoms with Crippen LogP contribution in [-0.4, -0.2) is 72.6 Å². The summed E-state index contributed by atoms with van der Waals surface area (Å²) in [5.74, 6) is -3.39. The molecule has 0 radical (unpaired) electrons. The van der Waals surface area contributed by atoms with Crippen LogP contribution in [-0.2, 0) is 23.5 Å². The number of likely N-dealkylation sites (tertiary alicyclic amines) is 1. The number of halogens is 4. The lowest BCUT2D eigenvalue weighted by molar-refractivity contribution is -0.192. The van der Waals surface area contributed by atoms with Crippen molar-refractivity contribution in [2.75, 3.05) is 19.6 Å². The van der Waals surface area contributed by atoms with Gasteiger partial charge >= 0.3 is 12.1 Å². The number of alkyl halides is 3. The van der Waals surface area contributed by atoms with Crippen LogP contribution in [0.25, 0.3) is 21.8 Å². The van der Waals surface area contributed by atoms with Crippen LogP contribution in [0.3, 0.4) is 0 Å². The van der Waals surface area contributed by atoms with E-state index in [1.165, 1.54) is 16.7 Å². The van der Waals surface area contributed by atoms with Gasteiger partial charge in [-0.1, -0.05) is 12.1 Å². The average Bonchev–Trinajstić information content (AvgIpc) is 3.26. The lowest BCUT2D eigenvalue weighted by atomic mass is 9.93. The minimum Gasteiger partial charge on any atom is -0.507 e. The number of rotatable bonds is 5. The summed E-state index contributed by atoms with van der Waals surface area (Å²) >= 11 is 0. The smallest absolute Gasteiger partial charge is 0.490 e. The number of benzene rings is 1. The van der Waals surface area contributed by atoms with Gasteiger partial charge in [0.2, 0.25) is 0 Å². The molecule has 43 heavy (non-hydrogen) atoms. The summed E-state index contributed by atoms with van der Waals surface area (Å²) in [6, 6.07) is 10.0. The number of fused-ring (bicyclic) bond motifs is 1. The van der Waals surface area contributed by atoms with E-state index < -0.39 is 23.6 Å². The standard InChI is InChI=1S/C26H26FN5O4.C2HF3O2/c27-18-12-29-19-4-5-21(34)32-14-26(36,23(18)24(19)32)13-31-8-6-16(7-9-31)28-11-17-10-15-2-1-3-20(33)22(15)25(35)30-17;3-2(4,5)1(6)7/h1-5,10,12,16,28,33,36H,6-9,11,13-14H2,(H,30,35);(H,6,7)/t26-;/m0./s1. The van der Waals surface area contributed by atoms with E-state index in [-0.39, 0.29) is 46.9 Å². The third kappa shape index (κ3) is 6.09. The van der Waals surface area contributed by atoms with E-state index in [0.717, 1.165) is 24.7 Å². The first kappa shape index (κ1) is 30.1. The largest absolute Gasteiger partial charge is 0.507 e. The second-order valence-corrected chi connectivity index (χ2v) is 10.6. The molecule has 15 heteroatoms. The van der Waals surface area contributed by atoms with Crippen molar-refractivity contribution in [2.45, 2.75) is 43.8 Å². The molecule has 6 rings (SSSR count). The molecular formula is C28H27F4N5O6. The number of aromatic nitrogens is 3. The Morgan fingerprint density at radius 2 is 1.86 bits per heavy atom. The van der Waals surface area contributed by atoms with E-state index in [2.05, 4.69) is 20.2 Å². The molecule has 1 atom stereocenters. The molecule has 0 spiro atoms. The zero-order valence-corrected chi connectivity index (χ0v) is 22.5. The monoisotopic (exact) mass is 605 g/mol. The van der Waals surface area contributed by atoms with E-state index in [0.29, 0.717) is 36.1 Å². The van der Waals surface area contributed by atoms with E-state index in [9.17, 15) is 37.4 Å². The van der Waals surface area contributed by atoms with E-state index in [4.69, 9.17) is 9.90 Å². The number of aromatic amines is 1. The van der Waals surface area contributed by atoms with Crippen molar-refractivity contribution in [2.24, 2.45) is 0 Å². The molecule has 3 aromatic heterocycles. The van der Waals surface area contributed by atoms with Crippen LogP contribution in [0.1, 0.15) is 24.1 Å². The fourth-order valence-electron chi connectivity index (χ4n) is 5.68. The first-order chi connectivity index (χ1) is 20.3. The Hall–Kier alpha value is -4.34. The minimum absolute atomic E-state index is 0.00415. The summed E-state index contributed by atoms with van der Waals surface area (Å²) in [7, 11) is 0. The molecule has 2 aliphatic heterocycles. The molecule has 5 N–H and O–H groups in total. The Kier molecular flexibility index (Phi) is 7.98. The fourth-order valence-corrected chi connectivity index (χ4v) is 5.68. The van der Waals surface area contributed by atoms with Crippen molar-refractivity contribution < 1.29 is 37.7 Å². The molecule has 0 bridgehead atoms. The third-order valence-corrected chi connectivity index (χ3v) is 7.64. The van der Waals surface area contributed by atoms with Gasteiger partial charge in [0.1, 0.15) is 17.2 Å². The normalized spacial score (nSPS) is 19.0. The predicted molar refractivity (Wildman–Crippen MR) is 146 cm³/mol. The number of aromatic hydroxyl groups is 1. The van der Waals surface area contributed by atoms with Crippen LogP contribution in [0.15, 0.2) is 52.2 Å². The molecule has 0 saturated carbocycles. The maximum absolute atomic E-state index is 14.8. The van der Waals surface area contributed by atoms with E-state index >= 15 is 0 Å². The Balaban J connectivity index is 0.000000472. The van der Waals surface area contributed by atoms with Crippen LogP contribution in [0.4, 0.5) is 17.6 Å². The third-order valence-electron chi connectivity index (χ3n) is 7.64. The van der Waals surface area contributed by atoms with Gasteiger partial charge in [-0.05, 0) is 49.5 Å². The highest BCUT2D eigenvalue weighted by Gasteiger charge is 2.43. The van der Waals surface area contributed by atoms with Crippen molar-refractivity contribution in [3.05, 3.63) is 80.4 Å². The van der Waals surface area contributed by atoms with E-state index in [1.807, 2.05) is 6.07 Å². The SMILES string of the molecule is O=C(O)C(F)(F)F.O=c1[nH]c(CNC2CCN(C[C@]3(O)Cn4c(=O)ccc5ncc(F)c3c54)CC2)cc2cccc(O)c12. The van der Waals surface area contributed by atoms with Gasteiger partial charge in [-0.15, -0.1) is 0 Å². The summed E-state index contributed by atoms with van der Waals surface area (Å²) in [5.41, 5.74) is -0.352. The number of carboxylic acid groups (broad SMARTS) is 1. The maximum atomic E-state index is 14.8. The average molecular weight is 606 g/mol. The molecule has 0 unspecified atom stereocenters. The van der Waals surface area contributed by atoms with Crippen molar-refractivity contribution in [3.63, 3.8) is 0 Å². The highest BCUT2D eigenvalue weighted by Crippen LogP contribution is 2.38. The van der Waals surface area contributed by atoms with Gasteiger partial charge in [0.05, 0.1) is 34.7 Å². The Labute approximate surface area is 240 Å². The zero-order valence-electron chi connectivity index (χ0n) is 22.5. The van der Waals surface area contributed by atoms with Gasteiger partial charge in [0.25, 0.3) is 11.1 Å². The first-order valence-corrected chi connectivity index (χ1v) is 13.3. The Bertz CT molecular complexity index is 1820. The van der Waals surface area contributed by atoms with E-state index in [1.54, 1.807) is 18.2 Å². The topological polar surface area (TPSA) is 161 Å². The minimum atomic E-state index is -5.08. The number of nitrogens with zero attached hydrogens (tertiary/aromatic N) is 3. The molecule has 1 aromatic carbocycles. The molecule has 1 saturated heterocycles. The number of pyridine rings is 3. The van der Waals surface area contributed by atoms with Crippen molar-refractivity contribution >= 4 is 27.8 Å². The zero-order chi connectivity index (χ0) is 31.1. The quantitative estimate of drug-likeness (QED) is 0.215. The molecule has 1 fully saturated rings. The van der Waals surface area contributed by atoms with Gasteiger partial charge in [-0.2, -0.15) is 13.2 Å². The number of aliphatic carboxylic acids is 1. The first-order valence-electron chi connectivity index (χ1n) is 13.3. The fraction of sp³-hybridized carbons (Fsp3) is 0.357. The molecular weight excluding hydrogens is 578 g/mol. The summed E-state index contributed by atoms with van der Waals surface area (Å²) < 4.78 is 48.0. The van der Waals surface area contributed by atoms with Crippen LogP contribution >= 0.6 is 0 Å². The lowest BCUT2D eigenvalue weighted by Gasteiger charge is -2.37. The number of carboxylic acids is 1. The summed E-state index contributed by atoms with van der Waals surface area (Å²) in [5, 5.41) is 33.0. The number of hydrogen-bond acceptors (Lipinski definition) is 8. The van der Waals surface area contributed by atoms with Gasteiger partial charge in [-0.25, -0.2) is 9.18 Å². The molecule has 4 aromatic rings. The number of aliphatic hydroxyl groups is 1. The molecule has 0 amide bonds. The molecule has 0 aliphatic carbocycles. The summed E-state index contributed by atoms with van der Waals surface area (Å²) in [6.45, 7) is 2.10. The van der Waals surface area contributed by atoms with Gasteiger partial charge in [-0.3, -0.25) is 19.5 Å². The number of phenolic OH excluding ortho intramolecular Hbond substituents is 1. The number of H-pyrrole nitrogens is 1. The Morgan fingerprint density at radius 3 is 2.53 bits per heavy atom. The highest BCUT2D eigenvalue weighted by atomic mass is 19.4. The van der Waals surface area contributed by atoms with Crippen molar-refractivity contribution in [3.8, 4) is 5.75 Å². The number of nitrogens with one attached hydrogen (secondary N) is 2. The Morgan fingerprint density at radius 1 is 1.16 bits per heavy atom. The summed E-state index contributed by atoms with van der Waals surface area (Å²) in [6.07, 6.45) is -2.34. The predicted octanol–water partition coefficient (Wildman–Crippen LogP) is 2.17. The van der Waals surface area contributed by atoms with Crippen molar-refractivity contribution in [1.82, 2.24) is 24.8 Å². The summed E-state index contributed by atoms with van der Waals surface area (Å²) in [4.78, 5) is 42.7. The van der Waals surface area contributed by atoms with Gasteiger partial charge in [0, 0.05) is 30.9 Å². The molecule has 11 nitrogen and oxygen atoms in total. The van der Waals surface area contributed by atoms with Gasteiger partial charge in [0.15, 0.2) is 0 Å². The number of hydrogen-bond donors (Lipinski definition) is 5. The maximum Gasteiger partial charge on any atom is 0.490 e.